The molecule has 1 saturated carbocycles. The maximum Gasteiger partial charge on any atom is 0.264 e. The smallest absolute Gasteiger partial charge is 0.264 e. The summed E-state index contributed by atoms with van der Waals surface area (Å²) in [4.78, 5) is 16.8. The summed E-state index contributed by atoms with van der Waals surface area (Å²) >= 11 is 1.63. The second-order valence-corrected chi connectivity index (χ2v) is 8.94. The Hall–Kier alpha value is -1.65. The summed E-state index contributed by atoms with van der Waals surface area (Å²) in [7, 11) is 0. The highest BCUT2D eigenvalue weighted by Gasteiger charge is 2.23. The molecule has 3 nitrogen and oxygen atoms in total. The predicted molar refractivity (Wildman–Crippen MR) is 111 cm³/mol. The molecule has 1 aromatic carbocycles. The molecule has 0 unspecified atom stereocenters. The molecule has 0 N–H and O–H groups in total. The first kappa shape index (κ1) is 18.7. The van der Waals surface area contributed by atoms with Gasteiger partial charge in [0.1, 0.15) is 0 Å². The molecule has 1 aromatic heterocycles. The number of nitrogens with zero attached hydrogens (tertiary/aromatic N) is 1. The largest absolute Gasteiger partial charge is 0.374 e. The number of carbonyl (C=O) groups is 1. The molecular formula is C23H29NO2S. The van der Waals surface area contributed by atoms with Crippen LogP contribution in [0.4, 0.5) is 0 Å². The Morgan fingerprint density at radius 2 is 1.78 bits per heavy atom. The van der Waals surface area contributed by atoms with Crippen LogP contribution in [0.1, 0.15) is 65.7 Å². The van der Waals surface area contributed by atoms with Crippen molar-refractivity contribution in [3.63, 3.8) is 0 Å². The Morgan fingerprint density at radius 1 is 1.07 bits per heavy atom. The van der Waals surface area contributed by atoms with Crippen LogP contribution in [0.25, 0.3) is 10.4 Å². The first-order valence-electron chi connectivity index (χ1n) is 10.3. The minimum Gasteiger partial charge on any atom is -0.374 e. The van der Waals surface area contributed by atoms with Gasteiger partial charge in [0, 0.05) is 18.0 Å². The molecule has 4 rings (SSSR count). The molecule has 0 spiro atoms. The van der Waals surface area contributed by atoms with E-state index in [1.807, 2.05) is 4.90 Å². The summed E-state index contributed by atoms with van der Waals surface area (Å²) in [6.07, 6.45) is 9.09. The van der Waals surface area contributed by atoms with Crippen molar-refractivity contribution in [1.82, 2.24) is 4.90 Å². The van der Waals surface area contributed by atoms with Crippen molar-refractivity contribution in [2.45, 2.75) is 64.6 Å². The van der Waals surface area contributed by atoms with Gasteiger partial charge in [0.15, 0.2) is 0 Å². The topological polar surface area (TPSA) is 29.5 Å². The van der Waals surface area contributed by atoms with Crippen LogP contribution in [0, 0.1) is 6.92 Å². The molecule has 0 bridgehead atoms. The van der Waals surface area contributed by atoms with E-state index in [1.165, 1.54) is 48.1 Å². The highest BCUT2D eigenvalue weighted by Crippen LogP contribution is 2.33. The van der Waals surface area contributed by atoms with E-state index < -0.39 is 0 Å². The van der Waals surface area contributed by atoms with Gasteiger partial charge < -0.3 is 9.64 Å². The monoisotopic (exact) mass is 383 g/mol. The fourth-order valence-corrected chi connectivity index (χ4v) is 5.26. The minimum absolute atomic E-state index is 0.207. The molecule has 2 heterocycles. The number of rotatable bonds is 5. The fraction of sp³-hybridized carbons (Fsp3) is 0.522. The van der Waals surface area contributed by atoms with Gasteiger partial charge in [-0.1, -0.05) is 43.5 Å². The Kier molecular flexibility index (Phi) is 5.94. The zero-order valence-electron chi connectivity index (χ0n) is 16.2. The molecule has 0 radical (unpaired) electrons. The van der Waals surface area contributed by atoms with Crippen LogP contribution in [0.5, 0.6) is 0 Å². The number of amides is 1. The van der Waals surface area contributed by atoms with Gasteiger partial charge in [-0.3, -0.25) is 4.79 Å². The van der Waals surface area contributed by atoms with Gasteiger partial charge in [0.2, 0.25) is 0 Å². The van der Waals surface area contributed by atoms with E-state index in [4.69, 9.17) is 4.74 Å². The summed E-state index contributed by atoms with van der Waals surface area (Å²) in [6, 6.07) is 10.8. The van der Waals surface area contributed by atoms with Gasteiger partial charge in [0.25, 0.3) is 5.91 Å². The Balaban J connectivity index is 1.41. The lowest BCUT2D eigenvalue weighted by atomic mass is 9.98. The SMILES string of the molecule is Cc1cc(-c2ccc(COC3CCCCC3)cc2)sc1C(=O)N1CCCC1. The van der Waals surface area contributed by atoms with Crippen LogP contribution in [0.2, 0.25) is 0 Å². The summed E-state index contributed by atoms with van der Waals surface area (Å²) in [5, 5.41) is 0. The second-order valence-electron chi connectivity index (χ2n) is 7.89. The number of thiophene rings is 1. The Labute approximate surface area is 166 Å². The van der Waals surface area contributed by atoms with Crippen molar-refractivity contribution in [2.75, 3.05) is 13.1 Å². The third-order valence-electron chi connectivity index (χ3n) is 5.78. The molecule has 0 atom stereocenters. The van der Waals surface area contributed by atoms with Crippen molar-refractivity contribution < 1.29 is 9.53 Å². The summed E-state index contributed by atoms with van der Waals surface area (Å²) in [5.74, 6) is 0.207. The Morgan fingerprint density at radius 3 is 2.48 bits per heavy atom. The zero-order chi connectivity index (χ0) is 18.6. The maximum absolute atomic E-state index is 12.7. The van der Waals surface area contributed by atoms with E-state index in [2.05, 4.69) is 37.3 Å². The molecule has 2 aromatic rings. The van der Waals surface area contributed by atoms with E-state index in [1.54, 1.807) is 11.3 Å². The highest BCUT2D eigenvalue weighted by atomic mass is 32.1. The number of hydrogen-bond acceptors (Lipinski definition) is 3. The molecular weight excluding hydrogens is 354 g/mol. The third-order valence-corrected chi connectivity index (χ3v) is 7.06. The average Bonchev–Trinajstić information content (AvgIpc) is 3.37. The first-order valence-corrected chi connectivity index (χ1v) is 11.1. The van der Waals surface area contributed by atoms with Crippen LogP contribution in [0.3, 0.4) is 0 Å². The maximum atomic E-state index is 12.7. The zero-order valence-corrected chi connectivity index (χ0v) is 17.0. The minimum atomic E-state index is 0.207. The van der Waals surface area contributed by atoms with Crippen molar-refractivity contribution in [3.05, 3.63) is 46.3 Å². The molecule has 27 heavy (non-hydrogen) atoms. The highest BCUT2D eigenvalue weighted by molar-refractivity contribution is 7.17. The fourth-order valence-electron chi connectivity index (χ4n) is 4.11. The number of carbonyl (C=O) groups excluding carboxylic acids is 1. The predicted octanol–water partition coefficient (Wildman–Crippen LogP) is 5.81. The van der Waals surface area contributed by atoms with Gasteiger partial charge >= 0.3 is 0 Å². The number of ether oxygens (including phenoxy) is 1. The summed E-state index contributed by atoms with van der Waals surface area (Å²) < 4.78 is 6.08. The molecule has 2 fully saturated rings. The van der Waals surface area contributed by atoms with Crippen LogP contribution < -0.4 is 0 Å². The molecule has 144 valence electrons. The van der Waals surface area contributed by atoms with Crippen LogP contribution in [-0.4, -0.2) is 30.0 Å². The molecule has 1 saturated heterocycles. The number of benzene rings is 1. The van der Waals surface area contributed by atoms with Gasteiger partial charge in [0.05, 0.1) is 17.6 Å². The molecule has 2 aliphatic rings. The van der Waals surface area contributed by atoms with E-state index >= 15 is 0 Å². The average molecular weight is 384 g/mol. The first-order chi connectivity index (χ1) is 13.2. The molecule has 1 aliphatic carbocycles. The van der Waals surface area contributed by atoms with E-state index in [0.29, 0.717) is 12.7 Å². The quantitative estimate of drug-likeness (QED) is 0.652. The van der Waals surface area contributed by atoms with Gasteiger partial charge in [-0.25, -0.2) is 0 Å². The van der Waals surface area contributed by atoms with Crippen molar-refractivity contribution in [2.24, 2.45) is 0 Å². The third kappa shape index (κ3) is 4.44. The van der Waals surface area contributed by atoms with Crippen molar-refractivity contribution >= 4 is 17.2 Å². The Bertz CT molecular complexity index is 768. The van der Waals surface area contributed by atoms with Crippen molar-refractivity contribution in [3.8, 4) is 10.4 Å². The van der Waals surface area contributed by atoms with Crippen LogP contribution in [0.15, 0.2) is 30.3 Å². The van der Waals surface area contributed by atoms with E-state index in [9.17, 15) is 4.79 Å². The van der Waals surface area contributed by atoms with Gasteiger partial charge in [-0.05, 0) is 55.4 Å². The molecule has 1 amide bonds. The number of hydrogen-bond donors (Lipinski definition) is 0. The second kappa shape index (κ2) is 8.57. The lowest BCUT2D eigenvalue weighted by Crippen LogP contribution is -2.27. The van der Waals surface area contributed by atoms with Gasteiger partial charge in [-0.15, -0.1) is 11.3 Å². The van der Waals surface area contributed by atoms with Crippen molar-refractivity contribution in [1.29, 1.82) is 0 Å². The molecule has 1 aliphatic heterocycles. The van der Waals surface area contributed by atoms with E-state index in [-0.39, 0.29) is 5.91 Å². The number of likely N-dealkylation sites (tertiary alicyclic amines) is 1. The molecule has 4 heteroatoms. The lowest BCUT2D eigenvalue weighted by molar-refractivity contribution is 0.0169. The number of aryl methyl sites for hydroxylation is 1. The summed E-state index contributed by atoms with van der Waals surface area (Å²) in [6.45, 7) is 4.56. The van der Waals surface area contributed by atoms with Gasteiger partial charge in [-0.2, -0.15) is 0 Å². The van der Waals surface area contributed by atoms with Crippen LogP contribution >= 0.6 is 11.3 Å². The lowest BCUT2D eigenvalue weighted by Gasteiger charge is -2.22. The summed E-state index contributed by atoms with van der Waals surface area (Å²) in [5.41, 5.74) is 3.51. The normalized spacial score (nSPS) is 18.2. The van der Waals surface area contributed by atoms with Crippen LogP contribution in [-0.2, 0) is 11.3 Å². The standard InChI is InChI=1S/C23H29NO2S/c1-17-15-21(27-22(17)23(25)24-13-5-6-14-24)19-11-9-18(10-12-19)16-26-20-7-3-2-4-8-20/h9-12,15,20H,2-8,13-14,16H2,1H3. The van der Waals surface area contributed by atoms with E-state index in [0.717, 1.165) is 36.4 Å².